The number of benzene rings is 2. The SMILES string of the molecule is COc1ccc(C2(O)OC(=O)C(C3=COCO3)=C2Cc2cncc3ccccc23)cc1. The van der Waals surface area contributed by atoms with Crippen LogP contribution in [0.4, 0.5) is 0 Å². The monoisotopic (exact) mass is 417 g/mol. The summed E-state index contributed by atoms with van der Waals surface area (Å²) in [7, 11) is 1.56. The van der Waals surface area contributed by atoms with E-state index in [0.717, 1.165) is 16.3 Å². The highest BCUT2D eigenvalue weighted by molar-refractivity contribution is 5.97. The molecule has 3 heterocycles. The van der Waals surface area contributed by atoms with E-state index in [4.69, 9.17) is 18.9 Å². The molecule has 0 aliphatic carbocycles. The number of esters is 1. The van der Waals surface area contributed by atoms with Gasteiger partial charge >= 0.3 is 5.97 Å². The van der Waals surface area contributed by atoms with Gasteiger partial charge in [-0.05, 0) is 35.2 Å². The number of ether oxygens (including phenoxy) is 4. The maximum Gasteiger partial charge on any atom is 0.345 e. The topological polar surface area (TPSA) is 87.1 Å². The molecule has 0 amide bonds. The van der Waals surface area contributed by atoms with Crippen LogP contribution in [0, 0.1) is 0 Å². The maximum absolute atomic E-state index is 12.9. The molecule has 3 aromatic rings. The number of aliphatic hydroxyl groups is 1. The summed E-state index contributed by atoms with van der Waals surface area (Å²) < 4.78 is 21.4. The summed E-state index contributed by atoms with van der Waals surface area (Å²) in [5, 5.41) is 13.6. The van der Waals surface area contributed by atoms with Gasteiger partial charge in [-0.2, -0.15) is 0 Å². The van der Waals surface area contributed by atoms with E-state index in [1.807, 2.05) is 24.3 Å². The lowest BCUT2D eigenvalue weighted by molar-refractivity contribution is -0.186. The van der Waals surface area contributed by atoms with E-state index < -0.39 is 11.8 Å². The van der Waals surface area contributed by atoms with Gasteiger partial charge in [0.1, 0.15) is 17.6 Å². The zero-order valence-corrected chi connectivity index (χ0v) is 16.7. The number of aromatic nitrogens is 1. The van der Waals surface area contributed by atoms with Gasteiger partial charge in [-0.3, -0.25) is 4.98 Å². The zero-order valence-electron chi connectivity index (χ0n) is 16.7. The lowest BCUT2D eigenvalue weighted by Crippen LogP contribution is -2.29. The van der Waals surface area contributed by atoms with E-state index in [-0.39, 0.29) is 24.5 Å². The Hall–Kier alpha value is -3.84. The lowest BCUT2D eigenvalue weighted by atomic mass is 9.89. The van der Waals surface area contributed by atoms with Crippen molar-refractivity contribution in [3.05, 3.63) is 95.2 Å². The zero-order chi connectivity index (χ0) is 21.4. The van der Waals surface area contributed by atoms with Gasteiger partial charge in [0.15, 0.2) is 5.76 Å². The fourth-order valence-corrected chi connectivity index (χ4v) is 3.93. The van der Waals surface area contributed by atoms with E-state index in [2.05, 4.69) is 4.98 Å². The van der Waals surface area contributed by atoms with Crippen LogP contribution in [-0.2, 0) is 31.2 Å². The molecule has 1 N–H and O–H groups in total. The molecular formula is C24H19NO6. The van der Waals surface area contributed by atoms with Crippen LogP contribution in [-0.4, -0.2) is 30.0 Å². The van der Waals surface area contributed by atoms with Gasteiger partial charge in [0.2, 0.25) is 6.79 Å². The Bertz CT molecular complexity index is 1230. The van der Waals surface area contributed by atoms with Gasteiger partial charge in [0.05, 0.1) is 7.11 Å². The normalized spacial score (nSPS) is 20.3. The predicted octanol–water partition coefficient (Wildman–Crippen LogP) is 3.33. The number of cyclic esters (lactones) is 1. The Morgan fingerprint density at radius 3 is 2.68 bits per heavy atom. The number of pyridine rings is 1. The molecule has 0 radical (unpaired) electrons. The van der Waals surface area contributed by atoms with Crippen molar-refractivity contribution in [3.8, 4) is 5.75 Å². The number of rotatable bonds is 5. The third-order valence-electron chi connectivity index (χ3n) is 5.47. The number of nitrogens with zero attached hydrogens (tertiary/aromatic N) is 1. The third-order valence-corrected chi connectivity index (χ3v) is 5.47. The van der Waals surface area contributed by atoms with Crippen LogP contribution in [0.1, 0.15) is 11.1 Å². The van der Waals surface area contributed by atoms with Crippen LogP contribution in [0.3, 0.4) is 0 Å². The minimum atomic E-state index is -1.97. The summed E-state index contributed by atoms with van der Waals surface area (Å²) in [4.78, 5) is 17.2. The molecule has 2 aromatic carbocycles. The molecule has 31 heavy (non-hydrogen) atoms. The summed E-state index contributed by atoms with van der Waals surface area (Å²) in [6, 6.07) is 14.5. The maximum atomic E-state index is 12.9. The second-order valence-electron chi connectivity index (χ2n) is 7.22. The van der Waals surface area contributed by atoms with Crippen LogP contribution < -0.4 is 4.74 Å². The molecule has 156 valence electrons. The molecule has 0 spiro atoms. The minimum Gasteiger partial charge on any atom is -0.497 e. The Morgan fingerprint density at radius 2 is 1.94 bits per heavy atom. The molecule has 0 bridgehead atoms. The fourth-order valence-electron chi connectivity index (χ4n) is 3.93. The quantitative estimate of drug-likeness (QED) is 0.637. The molecule has 5 rings (SSSR count). The number of fused-ring (bicyclic) bond motifs is 1. The highest BCUT2D eigenvalue weighted by Crippen LogP contribution is 2.44. The summed E-state index contributed by atoms with van der Waals surface area (Å²) >= 11 is 0. The standard InChI is InChI=1S/C24H19NO6/c1-28-18-8-6-17(7-9-18)24(27)20(22(23(26)31-24)21-13-29-14-30-21)10-16-12-25-11-15-4-2-3-5-19(15)16/h2-9,11-13,27H,10,14H2,1H3. The Balaban J connectivity index is 1.67. The first kappa shape index (κ1) is 19.1. The van der Waals surface area contributed by atoms with Crippen molar-refractivity contribution in [1.82, 2.24) is 4.98 Å². The first-order valence-corrected chi connectivity index (χ1v) is 9.70. The third kappa shape index (κ3) is 3.19. The molecule has 2 aliphatic rings. The van der Waals surface area contributed by atoms with Crippen LogP contribution in [0.5, 0.6) is 5.75 Å². The number of hydrogen-bond acceptors (Lipinski definition) is 7. The largest absolute Gasteiger partial charge is 0.497 e. The minimum absolute atomic E-state index is 0.00379. The first-order valence-electron chi connectivity index (χ1n) is 9.70. The summed E-state index contributed by atoms with van der Waals surface area (Å²) in [5.74, 6) is -1.80. The van der Waals surface area contributed by atoms with Crippen molar-refractivity contribution in [2.75, 3.05) is 13.9 Å². The molecule has 2 aliphatic heterocycles. The highest BCUT2D eigenvalue weighted by Gasteiger charge is 2.49. The molecule has 1 aromatic heterocycles. The summed E-state index contributed by atoms with van der Waals surface area (Å²) in [6.07, 6.45) is 5.08. The predicted molar refractivity (Wildman–Crippen MR) is 111 cm³/mol. The molecule has 7 nitrogen and oxygen atoms in total. The Kier molecular flexibility index (Phi) is 4.60. The van der Waals surface area contributed by atoms with Crippen LogP contribution >= 0.6 is 0 Å². The molecule has 0 fully saturated rings. The van der Waals surface area contributed by atoms with Gasteiger partial charge < -0.3 is 24.1 Å². The van der Waals surface area contributed by atoms with Gasteiger partial charge in [0.25, 0.3) is 5.79 Å². The molecule has 0 saturated carbocycles. The molecule has 1 unspecified atom stereocenters. The van der Waals surface area contributed by atoms with Crippen molar-refractivity contribution in [2.24, 2.45) is 0 Å². The van der Waals surface area contributed by atoms with E-state index in [9.17, 15) is 9.90 Å². The Morgan fingerprint density at radius 1 is 1.13 bits per heavy atom. The highest BCUT2D eigenvalue weighted by atomic mass is 16.7. The number of hydrogen-bond donors (Lipinski definition) is 1. The second-order valence-corrected chi connectivity index (χ2v) is 7.22. The van der Waals surface area contributed by atoms with E-state index in [1.165, 1.54) is 6.26 Å². The lowest BCUT2D eigenvalue weighted by Gasteiger charge is -2.26. The van der Waals surface area contributed by atoms with Gasteiger partial charge in [-0.1, -0.05) is 24.3 Å². The first-order chi connectivity index (χ1) is 15.1. The Labute approximate surface area is 178 Å². The van der Waals surface area contributed by atoms with Crippen LogP contribution in [0.15, 0.2) is 84.1 Å². The molecule has 0 saturated heterocycles. The van der Waals surface area contributed by atoms with Crippen molar-refractivity contribution in [2.45, 2.75) is 12.2 Å². The van der Waals surface area contributed by atoms with E-state index in [0.29, 0.717) is 16.9 Å². The average Bonchev–Trinajstić information content (AvgIpc) is 3.41. The smallest absolute Gasteiger partial charge is 0.345 e. The van der Waals surface area contributed by atoms with E-state index >= 15 is 0 Å². The number of methoxy groups -OCH3 is 1. The van der Waals surface area contributed by atoms with Crippen molar-refractivity contribution < 1.29 is 28.8 Å². The molecular weight excluding hydrogens is 398 g/mol. The van der Waals surface area contributed by atoms with Crippen LogP contribution in [0.2, 0.25) is 0 Å². The number of carbonyl (C=O) groups excluding carboxylic acids is 1. The fraction of sp³-hybridized carbons (Fsp3) is 0.167. The summed E-state index contributed by atoms with van der Waals surface area (Å²) in [5.41, 5.74) is 1.76. The average molecular weight is 417 g/mol. The van der Waals surface area contributed by atoms with E-state index in [1.54, 1.807) is 43.8 Å². The van der Waals surface area contributed by atoms with Crippen molar-refractivity contribution in [3.63, 3.8) is 0 Å². The molecule has 1 atom stereocenters. The van der Waals surface area contributed by atoms with Gasteiger partial charge in [0, 0.05) is 35.3 Å². The van der Waals surface area contributed by atoms with Crippen molar-refractivity contribution in [1.29, 1.82) is 0 Å². The summed E-state index contributed by atoms with van der Waals surface area (Å²) in [6.45, 7) is -0.00379. The van der Waals surface area contributed by atoms with Gasteiger partial charge in [-0.25, -0.2) is 4.79 Å². The second kappa shape index (κ2) is 7.45. The van der Waals surface area contributed by atoms with Crippen LogP contribution in [0.25, 0.3) is 10.8 Å². The number of carbonyl (C=O) groups is 1. The van der Waals surface area contributed by atoms with Crippen molar-refractivity contribution >= 4 is 16.7 Å². The van der Waals surface area contributed by atoms with Gasteiger partial charge in [-0.15, -0.1) is 0 Å². The molecule has 7 heteroatoms.